The number of amides is 1. The molecule has 2 unspecified atom stereocenters. The molecule has 192 valence electrons. The smallest absolute Gasteiger partial charge is 0.274 e. The molecule has 3 heterocycles. The molecular weight excluding hydrogens is 458 g/mol. The third kappa shape index (κ3) is 4.69. The van der Waals surface area contributed by atoms with Crippen LogP contribution in [0.3, 0.4) is 0 Å². The van der Waals surface area contributed by atoms with Gasteiger partial charge in [-0.3, -0.25) is 14.7 Å². The van der Waals surface area contributed by atoms with E-state index in [0.717, 1.165) is 44.1 Å². The number of ether oxygens (including phenoxy) is 1. The fourth-order valence-corrected chi connectivity index (χ4v) is 5.87. The Balaban J connectivity index is 1.38. The van der Waals surface area contributed by atoms with E-state index >= 15 is 0 Å². The largest absolute Gasteiger partial charge is 0.394 e. The van der Waals surface area contributed by atoms with Crippen molar-refractivity contribution in [1.29, 1.82) is 0 Å². The zero-order valence-electron chi connectivity index (χ0n) is 20.9. The van der Waals surface area contributed by atoms with Crippen LogP contribution in [-0.4, -0.2) is 60.3 Å². The van der Waals surface area contributed by atoms with E-state index in [-0.39, 0.29) is 36.5 Å². The van der Waals surface area contributed by atoms with Crippen molar-refractivity contribution in [1.82, 2.24) is 24.5 Å². The fourth-order valence-electron chi connectivity index (χ4n) is 5.87. The number of fused-ring (bicyclic) bond motifs is 1. The van der Waals surface area contributed by atoms with Crippen molar-refractivity contribution in [2.24, 2.45) is 5.92 Å². The molecule has 2 fully saturated rings. The average molecular weight is 494 g/mol. The van der Waals surface area contributed by atoms with Gasteiger partial charge in [-0.05, 0) is 31.6 Å². The summed E-state index contributed by atoms with van der Waals surface area (Å²) >= 11 is 0. The van der Waals surface area contributed by atoms with Gasteiger partial charge in [0.15, 0.2) is 5.82 Å². The van der Waals surface area contributed by atoms with E-state index < -0.39 is 5.60 Å². The topological polar surface area (TPSA) is 113 Å². The number of aliphatic hydroxyl groups excluding tert-OH is 1. The van der Waals surface area contributed by atoms with Crippen LogP contribution in [0.15, 0.2) is 41.2 Å². The van der Waals surface area contributed by atoms with Gasteiger partial charge in [-0.25, -0.2) is 4.98 Å². The van der Waals surface area contributed by atoms with Crippen LogP contribution < -0.4 is 5.56 Å². The lowest BCUT2D eigenvalue weighted by molar-refractivity contribution is -0.168. The molecule has 1 saturated heterocycles. The van der Waals surface area contributed by atoms with Crippen LogP contribution in [0, 0.1) is 5.92 Å². The van der Waals surface area contributed by atoms with Crippen molar-refractivity contribution in [3.05, 3.63) is 52.4 Å². The number of carbonyl (C=O) groups is 1. The number of likely N-dealkylation sites (tertiary alicyclic amines) is 1. The summed E-state index contributed by atoms with van der Waals surface area (Å²) in [5, 5.41) is 13.1. The number of aromatic amines is 1. The van der Waals surface area contributed by atoms with Gasteiger partial charge in [0.25, 0.3) is 17.2 Å². The van der Waals surface area contributed by atoms with Crippen molar-refractivity contribution in [2.75, 3.05) is 13.2 Å². The van der Waals surface area contributed by atoms with Crippen molar-refractivity contribution in [2.45, 2.75) is 76.5 Å². The number of aromatic nitrogens is 4. The van der Waals surface area contributed by atoms with Gasteiger partial charge in [-0.2, -0.15) is 9.50 Å². The van der Waals surface area contributed by atoms with E-state index in [9.17, 15) is 14.7 Å². The van der Waals surface area contributed by atoms with Crippen LogP contribution in [0.4, 0.5) is 0 Å². The number of H-pyrrole nitrogens is 1. The summed E-state index contributed by atoms with van der Waals surface area (Å²) in [6.45, 7) is 2.82. The van der Waals surface area contributed by atoms with Crippen LogP contribution >= 0.6 is 0 Å². The zero-order valence-corrected chi connectivity index (χ0v) is 20.9. The highest BCUT2D eigenvalue weighted by Crippen LogP contribution is 2.38. The minimum Gasteiger partial charge on any atom is -0.394 e. The van der Waals surface area contributed by atoms with E-state index in [0.29, 0.717) is 36.8 Å². The number of nitrogens with one attached hydrogen (secondary N) is 1. The maximum Gasteiger partial charge on any atom is 0.274 e. The van der Waals surface area contributed by atoms with Crippen molar-refractivity contribution >= 4 is 11.7 Å². The summed E-state index contributed by atoms with van der Waals surface area (Å²) in [5.41, 5.74) is 0.0882. The molecule has 2 aliphatic rings. The van der Waals surface area contributed by atoms with Gasteiger partial charge in [0, 0.05) is 18.2 Å². The number of rotatable bonds is 8. The second-order valence-corrected chi connectivity index (χ2v) is 10.1. The SMILES string of the molecule is CCCC1CCN(C(=O)C2(OCc3cc(=O)n4[nH]c(-c5ccccc5)nc4n3)CCCCC2)C1CO. The lowest BCUT2D eigenvalue weighted by Gasteiger charge is -2.40. The molecule has 0 radical (unpaired) electrons. The molecule has 0 bridgehead atoms. The maximum atomic E-state index is 13.9. The number of nitrogens with zero attached hydrogens (tertiary/aromatic N) is 4. The summed E-state index contributed by atoms with van der Waals surface area (Å²) in [7, 11) is 0. The Labute approximate surface area is 210 Å². The number of carbonyl (C=O) groups excluding carboxylic acids is 1. The normalized spacial score (nSPS) is 21.8. The van der Waals surface area contributed by atoms with Crippen molar-refractivity contribution in [3.8, 4) is 11.4 Å². The van der Waals surface area contributed by atoms with E-state index in [4.69, 9.17) is 4.74 Å². The Morgan fingerprint density at radius 1 is 1.19 bits per heavy atom. The van der Waals surface area contributed by atoms with Crippen LogP contribution in [-0.2, 0) is 16.1 Å². The molecule has 2 N–H and O–H groups in total. The molecule has 1 saturated carbocycles. The van der Waals surface area contributed by atoms with Gasteiger partial charge in [-0.1, -0.05) is 62.9 Å². The van der Waals surface area contributed by atoms with E-state index in [1.54, 1.807) is 0 Å². The molecule has 0 spiro atoms. The number of hydrogen-bond acceptors (Lipinski definition) is 6. The highest BCUT2D eigenvalue weighted by molar-refractivity contribution is 5.86. The molecule has 1 aliphatic carbocycles. The third-order valence-corrected chi connectivity index (χ3v) is 7.77. The molecular formula is C27H35N5O4. The first kappa shape index (κ1) is 24.6. The molecule has 2 aromatic heterocycles. The highest BCUT2D eigenvalue weighted by atomic mass is 16.5. The minimum atomic E-state index is -0.944. The molecule has 9 nitrogen and oxygen atoms in total. The first-order valence-electron chi connectivity index (χ1n) is 13.1. The molecule has 3 aromatic rings. The standard InChI is InChI=1S/C27H35N5O4/c1-2-9-19-12-15-31(22(19)17-33)25(35)27(13-7-4-8-14-27)36-18-21-16-23(34)32-26(28-21)29-24(30-32)20-10-5-3-6-11-20/h3,5-6,10-11,16,19,22,33H,2,4,7-9,12-15,17-18H2,1H3,(H,28,29,30). The predicted molar refractivity (Wildman–Crippen MR) is 135 cm³/mol. The van der Waals surface area contributed by atoms with Gasteiger partial charge in [-0.15, -0.1) is 0 Å². The number of hydrogen-bond donors (Lipinski definition) is 2. The minimum absolute atomic E-state index is 0.0234. The van der Waals surface area contributed by atoms with E-state index in [1.165, 1.54) is 10.6 Å². The highest BCUT2D eigenvalue weighted by Gasteiger charge is 2.47. The molecule has 1 aliphatic heterocycles. The molecule has 9 heteroatoms. The summed E-state index contributed by atoms with van der Waals surface area (Å²) in [4.78, 5) is 37.6. The van der Waals surface area contributed by atoms with E-state index in [2.05, 4.69) is 22.0 Å². The van der Waals surface area contributed by atoms with Crippen LogP contribution in [0.25, 0.3) is 17.2 Å². The number of aliphatic hydroxyl groups is 1. The molecule has 5 rings (SSSR count). The molecule has 36 heavy (non-hydrogen) atoms. The Morgan fingerprint density at radius 3 is 2.69 bits per heavy atom. The number of benzene rings is 1. The summed E-state index contributed by atoms with van der Waals surface area (Å²) in [6.07, 6.45) is 7.13. The average Bonchev–Trinajstić information content (AvgIpc) is 3.53. The second-order valence-electron chi connectivity index (χ2n) is 10.1. The second kappa shape index (κ2) is 10.5. The fraction of sp³-hybridized carbons (Fsp3) is 0.556. The predicted octanol–water partition coefficient (Wildman–Crippen LogP) is 3.31. The van der Waals surface area contributed by atoms with Crippen LogP contribution in [0.2, 0.25) is 0 Å². The quantitative estimate of drug-likeness (QED) is 0.498. The molecule has 2 atom stereocenters. The van der Waals surface area contributed by atoms with Gasteiger partial charge < -0.3 is 14.7 Å². The Hall–Kier alpha value is -3.04. The van der Waals surface area contributed by atoms with Crippen molar-refractivity contribution < 1.29 is 14.6 Å². The lowest BCUT2D eigenvalue weighted by atomic mass is 9.83. The summed E-state index contributed by atoms with van der Waals surface area (Å²) < 4.78 is 7.71. The van der Waals surface area contributed by atoms with E-state index in [1.807, 2.05) is 35.2 Å². The zero-order chi connectivity index (χ0) is 25.1. The first-order chi connectivity index (χ1) is 17.5. The van der Waals surface area contributed by atoms with Crippen LogP contribution in [0.1, 0.15) is 64.0 Å². The summed E-state index contributed by atoms with van der Waals surface area (Å²) in [6, 6.07) is 10.8. The Bertz CT molecular complexity index is 1250. The monoisotopic (exact) mass is 493 g/mol. The van der Waals surface area contributed by atoms with Crippen molar-refractivity contribution in [3.63, 3.8) is 0 Å². The van der Waals surface area contributed by atoms with Gasteiger partial charge >= 0.3 is 0 Å². The molecule has 1 amide bonds. The summed E-state index contributed by atoms with van der Waals surface area (Å²) in [5.74, 6) is 1.13. The van der Waals surface area contributed by atoms with Gasteiger partial charge in [0.2, 0.25) is 0 Å². The Morgan fingerprint density at radius 2 is 1.97 bits per heavy atom. The first-order valence-corrected chi connectivity index (χ1v) is 13.1. The Kier molecular flexibility index (Phi) is 7.20. The van der Waals surface area contributed by atoms with Crippen LogP contribution in [0.5, 0.6) is 0 Å². The lowest BCUT2D eigenvalue weighted by Crippen LogP contribution is -2.54. The maximum absolute atomic E-state index is 13.9. The van der Waals surface area contributed by atoms with Gasteiger partial charge in [0.1, 0.15) is 5.60 Å². The third-order valence-electron chi connectivity index (χ3n) is 7.77. The van der Waals surface area contributed by atoms with Gasteiger partial charge in [0.05, 0.1) is 24.9 Å². The molecule has 1 aromatic carbocycles.